The van der Waals surface area contributed by atoms with Crippen molar-refractivity contribution in [3.8, 4) is 11.4 Å². The van der Waals surface area contributed by atoms with E-state index in [0.717, 1.165) is 22.5 Å². The molecule has 0 spiro atoms. The maximum atomic E-state index is 5.50. The van der Waals surface area contributed by atoms with E-state index in [1.54, 1.807) is 0 Å². The zero-order valence-electron chi connectivity index (χ0n) is 12.1. The molecule has 4 rings (SSSR count). The number of imidazole rings is 1. The van der Waals surface area contributed by atoms with Gasteiger partial charge in [0, 0.05) is 18.5 Å². The topological polar surface area (TPSA) is 56.7 Å². The molecule has 0 bridgehead atoms. The first-order valence-corrected chi connectivity index (χ1v) is 7.56. The molecule has 1 aromatic carbocycles. The van der Waals surface area contributed by atoms with Gasteiger partial charge in [-0.3, -0.25) is 0 Å². The predicted molar refractivity (Wildman–Crippen MR) is 79.8 cm³/mol. The molecular formula is C16H18N4O. The zero-order chi connectivity index (χ0) is 14.2. The molecule has 108 valence electrons. The van der Waals surface area contributed by atoms with E-state index in [0.29, 0.717) is 11.7 Å². The Labute approximate surface area is 123 Å². The van der Waals surface area contributed by atoms with Crippen LogP contribution >= 0.6 is 0 Å². The minimum absolute atomic E-state index is 0.445. The normalized spacial score (nSPS) is 16.6. The van der Waals surface area contributed by atoms with Gasteiger partial charge in [0.1, 0.15) is 0 Å². The second kappa shape index (κ2) is 4.98. The van der Waals surface area contributed by atoms with E-state index in [1.807, 2.05) is 30.1 Å². The van der Waals surface area contributed by atoms with Crippen molar-refractivity contribution in [3.63, 3.8) is 0 Å². The molecule has 1 saturated carbocycles. The summed E-state index contributed by atoms with van der Waals surface area (Å²) in [5, 5.41) is 4.17. The Bertz CT molecular complexity index is 768. The highest BCUT2D eigenvalue weighted by Gasteiger charge is 2.22. The molecule has 0 amide bonds. The van der Waals surface area contributed by atoms with Crippen molar-refractivity contribution in [2.75, 3.05) is 0 Å². The maximum absolute atomic E-state index is 5.50. The van der Waals surface area contributed by atoms with Gasteiger partial charge in [0.25, 0.3) is 0 Å². The predicted octanol–water partition coefficient (Wildman–Crippen LogP) is 3.67. The van der Waals surface area contributed by atoms with Crippen molar-refractivity contribution >= 4 is 11.0 Å². The summed E-state index contributed by atoms with van der Waals surface area (Å²) in [5.74, 6) is 1.92. The number of fused-ring (bicyclic) bond motifs is 1. The minimum Gasteiger partial charge on any atom is -0.339 e. The van der Waals surface area contributed by atoms with Crippen LogP contribution in [-0.4, -0.2) is 19.7 Å². The molecule has 0 atom stereocenters. The lowest BCUT2D eigenvalue weighted by Crippen LogP contribution is -2.04. The molecular weight excluding hydrogens is 264 g/mol. The van der Waals surface area contributed by atoms with Crippen molar-refractivity contribution in [1.29, 1.82) is 0 Å². The first-order valence-electron chi connectivity index (χ1n) is 7.56. The highest BCUT2D eigenvalue weighted by Crippen LogP contribution is 2.32. The molecule has 21 heavy (non-hydrogen) atoms. The van der Waals surface area contributed by atoms with Crippen LogP contribution in [0.1, 0.15) is 43.9 Å². The van der Waals surface area contributed by atoms with E-state index in [-0.39, 0.29) is 0 Å². The SMILES string of the molecule is Cn1cnc2ccc(-c3noc(C4CCCCC4)n3)cc21. The number of rotatable bonds is 2. The number of aromatic nitrogens is 4. The van der Waals surface area contributed by atoms with Gasteiger partial charge in [0.2, 0.25) is 11.7 Å². The molecule has 5 heteroatoms. The fourth-order valence-corrected chi connectivity index (χ4v) is 3.13. The van der Waals surface area contributed by atoms with E-state index in [4.69, 9.17) is 4.52 Å². The summed E-state index contributed by atoms with van der Waals surface area (Å²) in [7, 11) is 1.99. The first-order chi connectivity index (χ1) is 10.3. The molecule has 0 radical (unpaired) electrons. The van der Waals surface area contributed by atoms with Crippen LogP contribution in [0, 0.1) is 0 Å². The first kappa shape index (κ1) is 12.6. The van der Waals surface area contributed by atoms with Crippen LogP contribution in [0.3, 0.4) is 0 Å². The van der Waals surface area contributed by atoms with E-state index >= 15 is 0 Å². The molecule has 3 aromatic rings. The summed E-state index contributed by atoms with van der Waals surface area (Å²) in [5.41, 5.74) is 3.05. The molecule has 2 aromatic heterocycles. The standard InChI is InChI=1S/C16H18N4O/c1-20-10-17-13-8-7-12(9-14(13)20)15-18-16(21-19-15)11-5-3-2-4-6-11/h7-11H,2-6H2,1H3. The third-order valence-corrected chi connectivity index (χ3v) is 4.38. The summed E-state index contributed by atoms with van der Waals surface area (Å²) in [6.45, 7) is 0. The third kappa shape index (κ3) is 2.22. The lowest BCUT2D eigenvalue weighted by molar-refractivity contribution is 0.314. The van der Waals surface area contributed by atoms with E-state index in [1.165, 1.54) is 32.1 Å². The fourth-order valence-electron chi connectivity index (χ4n) is 3.13. The molecule has 0 aliphatic heterocycles. The van der Waals surface area contributed by atoms with Crippen LogP contribution in [0.15, 0.2) is 29.0 Å². The van der Waals surface area contributed by atoms with Gasteiger partial charge < -0.3 is 9.09 Å². The van der Waals surface area contributed by atoms with Gasteiger partial charge in [-0.1, -0.05) is 24.4 Å². The summed E-state index contributed by atoms with van der Waals surface area (Å²) >= 11 is 0. The maximum Gasteiger partial charge on any atom is 0.230 e. The molecule has 2 heterocycles. The van der Waals surface area contributed by atoms with Crippen LogP contribution in [0.25, 0.3) is 22.4 Å². The number of nitrogens with zero attached hydrogens (tertiary/aromatic N) is 4. The van der Waals surface area contributed by atoms with Crippen LogP contribution in [0.2, 0.25) is 0 Å². The smallest absolute Gasteiger partial charge is 0.230 e. The van der Waals surface area contributed by atoms with Gasteiger partial charge in [-0.15, -0.1) is 0 Å². The Morgan fingerprint density at radius 3 is 2.90 bits per heavy atom. The van der Waals surface area contributed by atoms with E-state index in [2.05, 4.69) is 21.2 Å². The average Bonchev–Trinajstić information content (AvgIpc) is 3.16. The van der Waals surface area contributed by atoms with Gasteiger partial charge in [0.15, 0.2) is 0 Å². The van der Waals surface area contributed by atoms with Crippen LogP contribution in [0.4, 0.5) is 0 Å². The van der Waals surface area contributed by atoms with Gasteiger partial charge in [-0.2, -0.15) is 4.98 Å². The summed E-state index contributed by atoms with van der Waals surface area (Å²) < 4.78 is 7.50. The van der Waals surface area contributed by atoms with Gasteiger partial charge in [0.05, 0.1) is 17.4 Å². The lowest BCUT2D eigenvalue weighted by atomic mass is 9.89. The van der Waals surface area contributed by atoms with Gasteiger partial charge >= 0.3 is 0 Å². The molecule has 1 aliphatic carbocycles. The molecule has 1 aliphatic rings. The average molecular weight is 282 g/mol. The van der Waals surface area contributed by atoms with Crippen LogP contribution in [-0.2, 0) is 7.05 Å². The van der Waals surface area contributed by atoms with Crippen molar-refractivity contribution in [2.24, 2.45) is 7.05 Å². The number of hydrogen-bond donors (Lipinski definition) is 0. The molecule has 0 N–H and O–H groups in total. The molecule has 1 fully saturated rings. The van der Waals surface area contributed by atoms with E-state index < -0.39 is 0 Å². The Balaban J connectivity index is 1.68. The monoisotopic (exact) mass is 282 g/mol. The van der Waals surface area contributed by atoms with Gasteiger partial charge in [-0.25, -0.2) is 4.98 Å². The highest BCUT2D eigenvalue weighted by atomic mass is 16.5. The Morgan fingerprint density at radius 2 is 2.05 bits per heavy atom. The van der Waals surface area contributed by atoms with Crippen molar-refractivity contribution in [1.82, 2.24) is 19.7 Å². The Morgan fingerprint density at radius 1 is 1.19 bits per heavy atom. The summed E-state index contributed by atoms with van der Waals surface area (Å²) in [6.07, 6.45) is 8.02. The Hall–Kier alpha value is -2.17. The minimum atomic E-state index is 0.445. The Kier molecular flexibility index (Phi) is 2.98. The summed E-state index contributed by atoms with van der Waals surface area (Å²) in [4.78, 5) is 8.95. The molecule has 5 nitrogen and oxygen atoms in total. The van der Waals surface area contributed by atoms with Gasteiger partial charge in [-0.05, 0) is 31.0 Å². The quantitative estimate of drug-likeness (QED) is 0.719. The van der Waals surface area contributed by atoms with Crippen molar-refractivity contribution < 1.29 is 4.52 Å². The second-order valence-electron chi connectivity index (χ2n) is 5.85. The van der Waals surface area contributed by atoms with E-state index in [9.17, 15) is 0 Å². The molecule has 0 saturated heterocycles. The number of benzene rings is 1. The van der Waals surface area contributed by atoms with Crippen molar-refractivity contribution in [2.45, 2.75) is 38.0 Å². The third-order valence-electron chi connectivity index (χ3n) is 4.38. The molecule has 0 unspecified atom stereocenters. The number of aryl methyl sites for hydroxylation is 1. The number of hydrogen-bond acceptors (Lipinski definition) is 4. The van der Waals surface area contributed by atoms with Crippen LogP contribution < -0.4 is 0 Å². The second-order valence-corrected chi connectivity index (χ2v) is 5.85. The highest BCUT2D eigenvalue weighted by molar-refractivity contribution is 5.80. The fraction of sp³-hybridized carbons (Fsp3) is 0.438. The summed E-state index contributed by atoms with van der Waals surface area (Å²) in [6, 6.07) is 6.07. The zero-order valence-corrected chi connectivity index (χ0v) is 12.1. The van der Waals surface area contributed by atoms with Crippen LogP contribution in [0.5, 0.6) is 0 Å². The largest absolute Gasteiger partial charge is 0.339 e. The van der Waals surface area contributed by atoms with Crippen molar-refractivity contribution in [3.05, 3.63) is 30.4 Å². The lowest BCUT2D eigenvalue weighted by Gasteiger charge is -2.17.